The summed E-state index contributed by atoms with van der Waals surface area (Å²) in [6.07, 6.45) is 3.10. The molecule has 0 rings (SSSR count). The Kier molecular flexibility index (Phi) is 8.02. The van der Waals surface area contributed by atoms with Crippen molar-refractivity contribution in [2.45, 2.75) is 52.9 Å². The Hall–Kier alpha value is -0.120. The van der Waals surface area contributed by atoms with Crippen molar-refractivity contribution < 1.29 is 9.47 Å². The topological polar surface area (TPSA) is 21.7 Å². The van der Waals surface area contributed by atoms with Gasteiger partial charge in [0.25, 0.3) is 0 Å². The van der Waals surface area contributed by atoms with Gasteiger partial charge in [-0.25, -0.2) is 0 Å². The quantitative estimate of drug-likeness (QED) is 0.554. The predicted octanol–water partition coefficient (Wildman–Crippen LogP) is 2.86. The van der Waals surface area contributed by atoms with Crippen LogP contribution in [0.1, 0.15) is 47.0 Å². The van der Waals surface area contributed by atoms with Crippen molar-refractivity contribution in [2.24, 2.45) is 0 Å². The summed E-state index contributed by atoms with van der Waals surface area (Å²) in [6.45, 7) is 11.2. The van der Waals surface area contributed by atoms with Crippen LogP contribution in [0.3, 0.4) is 0 Å². The zero-order valence-corrected chi connectivity index (χ0v) is 11.0. The van der Waals surface area contributed by atoms with E-state index in [-0.39, 0.29) is 0 Å². The van der Waals surface area contributed by atoms with Crippen LogP contribution in [-0.2, 0) is 9.47 Å². The van der Waals surface area contributed by atoms with E-state index in [0.717, 1.165) is 32.4 Å². The van der Waals surface area contributed by atoms with E-state index in [1.54, 1.807) is 7.11 Å². The lowest BCUT2D eigenvalue weighted by Gasteiger charge is -2.41. The maximum Gasteiger partial charge on any atom is 0.229 e. The highest BCUT2D eigenvalue weighted by Crippen LogP contribution is 2.23. The number of hydrogen-bond acceptors (Lipinski definition) is 3. The smallest absolute Gasteiger partial charge is 0.229 e. The Labute approximate surface area is 94.7 Å². The van der Waals surface area contributed by atoms with Gasteiger partial charge in [0.1, 0.15) is 0 Å². The van der Waals surface area contributed by atoms with Gasteiger partial charge in [0.05, 0.1) is 0 Å². The maximum absolute atomic E-state index is 5.80. The van der Waals surface area contributed by atoms with Gasteiger partial charge in [-0.15, -0.1) is 0 Å². The first-order valence-corrected chi connectivity index (χ1v) is 6.14. The van der Waals surface area contributed by atoms with Crippen LogP contribution in [-0.4, -0.2) is 37.6 Å². The molecule has 0 aromatic carbocycles. The number of methoxy groups -OCH3 is 1. The molecule has 1 atom stereocenters. The predicted molar refractivity (Wildman–Crippen MR) is 63.8 cm³/mol. The maximum atomic E-state index is 5.80. The molecule has 0 aromatic heterocycles. The fourth-order valence-electron chi connectivity index (χ4n) is 1.97. The van der Waals surface area contributed by atoms with Gasteiger partial charge in [-0.3, -0.25) is 4.90 Å². The van der Waals surface area contributed by atoms with Crippen LogP contribution >= 0.6 is 0 Å². The molecule has 0 aromatic rings. The highest BCUT2D eigenvalue weighted by molar-refractivity contribution is 4.70. The molecule has 0 radical (unpaired) electrons. The summed E-state index contributed by atoms with van der Waals surface area (Å²) in [6, 6.07) is 0. The average Bonchev–Trinajstić information content (AvgIpc) is 2.26. The molecule has 0 saturated carbocycles. The number of hydrogen-bond donors (Lipinski definition) is 0. The van der Waals surface area contributed by atoms with Crippen molar-refractivity contribution >= 4 is 0 Å². The van der Waals surface area contributed by atoms with Crippen LogP contribution in [0.25, 0.3) is 0 Å². The largest absolute Gasteiger partial charge is 0.341 e. The number of ether oxygens (including phenoxy) is 2. The minimum absolute atomic E-state index is 0.513. The van der Waals surface area contributed by atoms with Crippen molar-refractivity contribution in [3.63, 3.8) is 0 Å². The van der Waals surface area contributed by atoms with Crippen molar-refractivity contribution in [1.29, 1.82) is 0 Å². The molecule has 0 bridgehead atoms. The molecule has 0 spiro atoms. The van der Waals surface area contributed by atoms with Gasteiger partial charge < -0.3 is 9.47 Å². The van der Waals surface area contributed by atoms with Gasteiger partial charge in [-0.05, 0) is 19.8 Å². The van der Waals surface area contributed by atoms with Crippen LogP contribution in [0.4, 0.5) is 0 Å². The van der Waals surface area contributed by atoms with Crippen molar-refractivity contribution in [1.82, 2.24) is 4.90 Å². The molecule has 92 valence electrons. The van der Waals surface area contributed by atoms with Crippen LogP contribution in [0.15, 0.2) is 0 Å². The minimum Gasteiger partial charge on any atom is -0.341 e. The molecule has 0 aliphatic heterocycles. The second-order valence-corrected chi connectivity index (χ2v) is 3.69. The monoisotopic (exact) mass is 217 g/mol. The van der Waals surface area contributed by atoms with Gasteiger partial charge in [0.15, 0.2) is 0 Å². The normalized spacial score (nSPS) is 15.6. The summed E-state index contributed by atoms with van der Waals surface area (Å²) in [5, 5.41) is 0. The minimum atomic E-state index is -0.513. The Bertz CT molecular complexity index is 141. The van der Waals surface area contributed by atoms with E-state index in [0.29, 0.717) is 6.61 Å². The first kappa shape index (κ1) is 14.9. The first-order chi connectivity index (χ1) is 7.20. The number of nitrogens with zero attached hydrogens (tertiary/aromatic N) is 1. The zero-order chi connectivity index (χ0) is 11.7. The molecular formula is C12H27NO2. The molecule has 3 heteroatoms. The summed E-state index contributed by atoms with van der Waals surface area (Å²) >= 11 is 0. The van der Waals surface area contributed by atoms with E-state index in [4.69, 9.17) is 9.47 Å². The molecule has 0 heterocycles. The van der Waals surface area contributed by atoms with Gasteiger partial charge in [-0.2, -0.15) is 0 Å². The van der Waals surface area contributed by atoms with Crippen LogP contribution in [0, 0.1) is 0 Å². The Balaban J connectivity index is 4.62. The van der Waals surface area contributed by atoms with E-state index < -0.39 is 5.91 Å². The third-order valence-electron chi connectivity index (χ3n) is 2.60. The SMILES string of the molecule is CCCN(CCC)C(CC)(OC)OCC. The first-order valence-electron chi connectivity index (χ1n) is 6.14. The summed E-state index contributed by atoms with van der Waals surface area (Å²) < 4.78 is 11.4. The summed E-state index contributed by atoms with van der Waals surface area (Å²) in [5.41, 5.74) is 0. The summed E-state index contributed by atoms with van der Waals surface area (Å²) in [7, 11) is 1.73. The Morgan fingerprint density at radius 3 is 1.80 bits per heavy atom. The average molecular weight is 217 g/mol. The van der Waals surface area contributed by atoms with E-state index in [9.17, 15) is 0 Å². The van der Waals surface area contributed by atoms with Gasteiger partial charge in [0, 0.05) is 33.2 Å². The van der Waals surface area contributed by atoms with Crippen LogP contribution in [0.5, 0.6) is 0 Å². The molecule has 0 saturated heterocycles. The van der Waals surface area contributed by atoms with E-state index >= 15 is 0 Å². The highest BCUT2D eigenvalue weighted by atomic mass is 16.7. The Morgan fingerprint density at radius 1 is 1.00 bits per heavy atom. The molecule has 0 amide bonds. The molecular weight excluding hydrogens is 190 g/mol. The summed E-state index contributed by atoms with van der Waals surface area (Å²) in [5.74, 6) is -0.513. The highest BCUT2D eigenvalue weighted by Gasteiger charge is 2.34. The summed E-state index contributed by atoms with van der Waals surface area (Å²) in [4.78, 5) is 2.30. The standard InChI is InChI=1S/C12H27NO2/c1-6-10-13(11-7-2)12(8-3,14-5)15-9-4/h6-11H2,1-5H3. The van der Waals surface area contributed by atoms with Crippen LogP contribution in [0.2, 0.25) is 0 Å². The van der Waals surface area contributed by atoms with E-state index in [1.165, 1.54) is 0 Å². The van der Waals surface area contributed by atoms with Crippen molar-refractivity contribution in [2.75, 3.05) is 26.8 Å². The lowest BCUT2D eigenvalue weighted by Crippen LogP contribution is -2.52. The van der Waals surface area contributed by atoms with E-state index in [1.807, 2.05) is 6.92 Å². The van der Waals surface area contributed by atoms with Crippen molar-refractivity contribution in [3.8, 4) is 0 Å². The lowest BCUT2D eigenvalue weighted by atomic mass is 10.2. The van der Waals surface area contributed by atoms with Gasteiger partial charge >= 0.3 is 0 Å². The molecule has 0 N–H and O–H groups in total. The molecule has 15 heavy (non-hydrogen) atoms. The Morgan fingerprint density at radius 2 is 1.53 bits per heavy atom. The third kappa shape index (κ3) is 4.09. The molecule has 3 nitrogen and oxygen atoms in total. The van der Waals surface area contributed by atoms with E-state index in [2.05, 4.69) is 25.7 Å². The zero-order valence-electron chi connectivity index (χ0n) is 11.0. The second-order valence-electron chi connectivity index (χ2n) is 3.69. The molecule has 0 fully saturated rings. The lowest BCUT2D eigenvalue weighted by molar-refractivity contribution is -0.307. The number of rotatable bonds is 9. The van der Waals surface area contributed by atoms with Gasteiger partial charge in [0.2, 0.25) is 5.91 Å². The fraction of sp³-hybridized carbons (Fsp3) is 1.00. The van der Waals surface area contributed by atoms with Crippen LogP contribution < -0.4 is 0 Å². The van der Waals surface area contributed by atoms with Crippen molar-refractivity contribution in [3.05, 3.63) is 0 Å². The fourth-order valence-corrected chi connectivity index (χ4v) is 1.97. The molecule has 0 aliphatic rings. The molecule has 0 aliphatic carbocycles. The molecule has 1 unspecified atom stereocenters. The second kappa shape index (κ2) is 8.08. The van der Waals surface area contributed by atoms with Gasteiger partial charge in [-0.1, -0.05) is 20.8 Å². The third-order valence-corrected chi connectivity index (χ3v) is 2.60.